The molecule has 1 aromatic heterocycles. The lowest BCUT2D eigenvalue weighted by Gasteiger charge is -2.19. The molecular formula is C19H24Cl2N4O2. The number of halogens is 2. The number of hydrogen-bond acceptors (Lipinski definition) is 4. The first-order valence-corrected chi connectivity index (χ1v) is 8.42. The standard InChI is InChI=1S/C19H22N4O2.2ClH/c1-12-3-2-4-15(19(25)22-16(11-20)13-5-6-13)17(12)23-18(24)14-7-9-21-10-8-14;;/h2-4,7-10,13,16H,5-6,11,20H2,1H3,(H,22,25)(H,23,24);2*1H. The largest absolute Gasteiger partial charge is 0.348 e. The quantitative estimate of drug-likeness (QED) is 0.681. The van der Waals surface area contributed by atoms with Crippen LogP contribution < -0.4 is 16.4 Å². The highest BCUT2D eigenvalue weighted by molar-refractivity contribution is 6.09. The summed E-state index contributed by atoms with van der Waals surface area (Å²) in [7, 11) is 0. The predicted molar refractivity (Wildman–Crippen MR) is 111 cm³/mol. The molecular weight excluding hydrogens is 387 g/mol. The number of nitrogens with zero attached hydrogens (tertiary/aromatic N) is 1. The SMILES string of the molecule is Cc1cccc(C(=O)NC(CN)C2CC2)c1NC(=O)c1ccncc1.Cl.Cl. The van der Waals surface area contributed by atoms with Gasteiger partial charge in [0.15, 0.2) is 0 Å². The van der Waals surface area contributed by atoms with Crippen molar-refractivity contribution < 1.29 is 9.59 Å². The van der Waals surface area contributed by atoms with Crippen molar-refractivity contribution in [3.8, 4) is 0 Å². The van der Waals surface area contributed by atoms with Crippen LogP contribution >= 0.6 is 24.8 Å². The van der Waals surface area contributed by atoms with Crippen LogP contribution in [0, 0.1) is 12.8 Å². The Kier molecular flexibility index (Phi) is 8.69. The molecule has 0 spiro atoms. The lowest BCUT2D eigenvalue weighted by atomic mass is 10.1. The van der Waals surface area contributed by atoms with Crippen molar-refractivity contribution in [3.63, 3.8) is 0 Å². The molecule has 1 aliphatic carbocycles. The lowest BCUT2D eigenvalue weighted by Crippen LogP contribution is -2.42. The van der Waals surface area contributed by atoms with Crippen molar-refractivity contribution >= 4 is 42.3 Å². The number of nitrogens with two attached hydrogens (primary N) is 1. The van der Waals surface area contributed by atoms with E-state index in [1.807, 2.05) is 13.0 Å². The molecule has 2 amide bonds. The van der Waals surface area contributed by atoms with E-state index in [0.717, 1.165) is 18.4 Å². The van der Waals surface area contributed by atoms with Crippen LogP contribution in [0.5, 0.6) is 0 Å². The Morgan fingerprint density at radius 2 is 1.81 bits per heavy atom. The van der Waals surface area contributed by atoms with Gasteiger partial charge in [0.1, 0.15) is 0 Å². The van der Waals surface area contributed by atoms with Gasteiger partial charge in [-0.3, -0.25) is 14.6 Å². The molecule has 1 fully saturated rings. The molecule has 0 aliphatic heterocycles. The van der Waals surface area contributed by atoms with Crippen LogP contribution in [0.3, 0.4) is 0 Å². The maximum absolute atomic E-state index is 12.7. The number of carbonyl (C=O) groups is 2. The van der Waals surface area contributed by atoms with Gasteiger partial charge in [0.05, 0.1) is 11.3 Å². The summed E-state index contributed by atoms with van der Waals surface area (Å²) in [4.78, 5) is 29.1. The number of amides is 2. The molecule has 3 rings (SSSR count). The number of carbonyl (C=O) groups excluding carboxylic acids is 2. The lowest BCUT2D eigenvalue weighted by molar-refractivity contribution is 0.0934. The molecule has 1 saturated carbocycles. The summed E-state index contributed by atoms with van der Waals surface area (Å²) >= 11 is 0. The Balaban J connectivity index is 0.00000182. The fourth-order valence-corrected chi connectivity index (χ4v) is 2.83. The maximum Gasteiger partial charge on any atom is 0.255 e. The van der Waals surface area contributed by atoms with Crippen LogP contribution in [0.1, 0.15) is 39.1 Å². The number of hydrogen-bond donors (Lipinski definition) is 3. The van der Waals surface area contributed by atoms with Crippen molar-refractivity contribution in [2.45, 2.75) is 25.8 Å². The second-order valence-corrected chi connectivity index (χ2v) is 6.34. The minimum absolute atomic E-state index is 0. The summed E-state index contributed by atoms with van der Waals surface area (Å²) in [5, 5.41) is 5.85. The maximum atomic E-state index is 12.7. The predicted octanol–water partition coefficient (Wildman–Crippen LogP) is 2.95. The second-order valence-electron chi connectivity index (χ2n) is 6.34. The zero-order valence-electron chi connectivity index (χ0n) is 15.0. The number of rotatable bonds is 6. The first-order chi connectivity index (χ1) is 12.1. The van der Waals surface area contributed by atoms with E-state index >= 15 is 0 Å². The first-order valence-electron chi connectivity index (χ1n) is 8.42. The Hall–Kier alpha value is -2.15. The normalized spacial score (nSPS) is 13.6. The molecule has 4 N–H and O–H groups in total. The van der Waals surface area contributed by atoms with E-state index in [9.17, 15) is 9.59 Å². The Labute approximate surface area is 171 Å². The summed E-state index contributed by atoms with van der Waals surface area (Å²) < 4.78 is 0. The minimum atomic E-state index is -0.275. The highest BCUT2D eigenvalue weighted by atomic mass is 35.5. The molecule has 1 heterocycles. The van der Waals surface area contributed by atoms with Crippen molar-refractivity contribution in [1.29, 1.82) is 0 Å². The minimum Gasteiger partial charge on any atom is -0.348 e. The number of aryl methyl sites for hydroxylation is 1. The van der Waals surface area contributed by atoms with E-state index in [2.05, 4.69) is 15.6 Å². The van der Waals surface area contributed by atoms with Gasteiger partial charge in [0.2, 0.25) is 0 Å². The van der Waals surface area contributed by atoms with Gasteiger partial charge in [0, 0.05) is 30.5 Å². The third kappa shape index (κ3) is 5.66. The molecule has 146 valence electrons. The number of nitrogens with one attached hydrogen (secondary N) is 2. The number of pyridine rings is 1. The number of benzene rings is 1. The summed E-state index contributed by atoms with van der Waals surface area (Å²) in [6, 6.07) is 8.62. The summed E-state index contributed by atoms with van der Waals surface area (Å²) in [6.45, 7) is 2.28. The van der Waals surface area contributed by atoms with Gasteiger partial charge in [-0.25, -0.2) is 0 Å². The molecule has 0 saturated heterocycles. The van der Waals surface area contributed by atoms with Crippen molar-refractivity contribution in [3.05, 3.63) is 59.4 Å². The molecule has 1 atom stereocenters. The fraction of sp³-hybridized carbons (Fsp3) is 0.316. The summed E-state index contributed by atoms with van der Waals surface area (Å²) in [5.41, 5.74) is 8.06. The second kappa shape index (κ2) is 10.3. The molecule has 27 heavy (non-hydrogen) atoms. The third-order valence-electron chi connectivity index (χ3n) is 4.46. The van der Waals surface area contributed by atoms with Gasteiger partial charge < -0.3 is 16.4 Å². The van der Waals surface area contributed by atoms with Crippen molar-refractivity contribution in [2.24, 2.45) is 11.7 Å². The Morgan fingerprint density at radius 1 is 1.15 bits per heavy atom. The highest BCUT2D eigenvalue weighted by Gasteiger charge is 2.32. The van der Waals surface area contributed by atoms with E-state index in [4.69, 9.17) is 5.73 Å². The summed E-state index contributed by atoms with van der Waals surface area (Å²) in [6.07, 6.45) is 5.31. The van der Waals surface area contributed by atoms with E-state index in [1.54, 1.807) is 36.7 Å². The van der Waals surface area contributed by atoms with Gasteiger partial charge in [-0.05, 0) is 49.4 Å². The van der Waals surface area contributed by atoms with Gasteiger partial charge in [-0.15, -0.1) is 24.8 Å². The Morgan fingerprint density at radius 3 is 2.41 bits per heavy atom. The fourth-order valence-electron chi connectivity index (χ4n) is 2.83. The van der Waals surface area contributed by atoms with Gasteiger partial charge in [0.25, 0.3) is 11.8 Å². The molecule has 1 unspecified atom stereocenters. The third-order valence-corrected chi connectivity index (χ3v) is 4.46. The molecule has 6 nitrogen and oxygen atoms in total. The molecule has 0 radical (unpaired) electrons. The number of aromatic nitrogens is 1. The van der Waals surface area contributed by atoms with Crippen LogP contribution in [-0.2, 0) is 0 Å². The van der Waals surface area contributed by atoms with Crippen LogP contribution in [0.2, 0.25) is 0 Å². The van der Waals surface area contributed by atoms with E-state index < -0.39 is 0 Å². The van der Waals surface area contributed by atoms with Gasteiger partial charge in [-0.1, -0.05) is 12.1 Å². The number of anilines is 1. The zero-order valence-corrected chi connectivity index (χ0v) is 16.6. The average molecular weight is 411 g/mol. The van der Waals surface area contributed by atoms with Gasteiger partial charge in [-0.2, -0.15) is 0 Å². The smallest absolute Gasteiger partial charge is 0.255 e. The molecule has 2 aromatic rings. The van der Waals surface area contributed by atoms with Crippen LogP contribution in [0.15, 0.2) is 42.7 Å². The molecule has 0 bridgehead atoms. The van der Waals surface area contributed by atoms with Gasteiger partial charge >= 0.3 is 0 Å². The van der Waals surface area contributed by atoms with Crippen LogP contribution in [0.25, 0.3) is 0 Å². The average Bonchev–Trinajstić information content (AvgIpc) is 3.47. The highest BCUT2D eigenvalue weighted by Crippen LogP contribution is 2.32. The first kappa shape index (κ1) is 22.9. The van der Waals surface area contributed by atoms with E-state index in [1.165, 1.54) is 0 Å². The van der Waals surface area contributed by atoms with Crippen LogP contribution in [-0.4, -0.2) is 29.4 Å². The van der Waals surface area contributed by atoms with Crippen LogP contribution in [0.4, 0.5) is 5.69 Å². The molecule has 1 aromatic carbocycles. The zero-order chi connectivity index (χ0) is 17.8. The van der Waals surface area contributed by atoms with Crippen molar-refractivity contribution in [1.82, 2.24) is 10.3 Å². The van der Waals surface area contributed by atoms with E-state index in [-0.39, 0.29) is 42.7 Å². The molecule has 8 heteroatoms. The topological polar surface area (TPSA) is 97.1 Å². The number of para-hydroxylation sites is 1. The van der Waals surface area contributed by atoms with E-state index in [0.29, 0.717) is 29.3 Å². The Bertz CT molecular complexity index is 783. The molecule has 1 aliphatic rings. The van der Waals surface area contributed by atoms with Crippen molar-refractivity contribution in [2.75, 3.05) is 11.9 Å². The monoisotopic (exact) mass is 410 g/mol. The summed E-state index contributed by atoms with van der Waals surface area (Å²) in [5.74, 6) is -0.0204.